The van der Waals surface area contributed by atoms with Crippen molar-refractivity contribution in [1.29, 1.82) is 0 Å². The molecule has 1 N–H and O–H groups in total. The number of nitrogens with zero attached hydrogens (tertiary/aromatic N) is 1. The summed E-state index contributed by atoms with van der Waals surface area (Å²) in [6.45, 7) is 4.64. The number of hydrogen-bond acceptors (Lipinski definition) is 4. The highest BCUT2D eigenvalue weighted by Gasteiger charge is 2.33. The fourth-order valence-corrected chi connectivity index (χ4v) is 5.72. The number of phenolic OH excluding ortho intramolecular Hbond substituents is 1. The van der Waals surface area contributed by atoms with Crippen LogP contribution in [0.4, 0.5) is 0 Å². The summed E-state index contributed by atoms with van der Waals surface area (Å²) >= 11 is 0. The summed E-state index contributed by atoms with van der Waals surface area (Å²) in [6, 6.07) is 33.3. The van der Waals surface area contributed by atoms with Crippen LogP contribution < -0.4 is 9.47 Å². The molecule has 0 amide bonds. The molecule has 2 heterocycles. The van der Waals surface area contributed by atoms with E-state index in [1.807, 2.05) is 12.1 Å². The summed E-state index contributed by atoms with van der Waals surface area (Å²) in [5.41, 5.74) is 5.99. The molecule has 1 fully saturated rings. The Hall–Kier alpha value is -3.76. The summed E-state index contributed by atoms with van der Waals surface area (Å²) in [5, 5.41) is 10.1. The average molecular weight is 492 g/mol. The van der Waals surface area contributed by atoms with Gasteiger partial charge in [-0.25, -0.2) is 0 Å². The fraction of sp³-hybridized carbons (Fsp3) is 0.273. The smallest absolute Gasteiger partial charge is 0.126 e. The number of phenols is 1. The molecule has 4 heteroatoms. The second-order valence-corrected chi connectivity index (χ2v) is 10.1. The summed E-state index contributed by atoms with van der Waals surface area (Å²) in [7, 11) is 0. The number of benzene rings is 4. The van der Waals surface area contributed by atoms with Crippen molar-refractivity contribution in [2.75, 3.05) is 32.8 Å². The van der Waals surface area contributed by atoms with E-state index < -0.39 is 0 Å². The quantitative estimate of drug-likeness (QED) is 0.307. The van der Waals surface area contributed by atoms with Crippen LogP contribution in [0.3, 0.4) is 0 Å². The predicted octanol–water partition coefficient (Wildman–Crippen LogP) is 6.84. The molecule has 4 aromatic rings. The van der Waals surface area contributed by atoms with Gasteiger partial charge in [0.25, 0.3) is 0 Å². The first-order valence-electron chi connectivity index (χ1n) is 13.3. The van der Waals surface area contributed by atoms with E-state index in [4.69, 9.17) is 9.47 Å². The molecule has 4 nitrogen and oxygen atoms in total. The van der Waals surface area contributed by atoms with Crippen LogP contribution in [0.25, 0.3) is 11.1 Å². The van der Waals surface area contributed by atoms with E-state index in [1.165, 1.54) is 48.2 Å². The van der Waals surface area contributed by atoms with Gasteiger partial charge in [-0.15, -0.1) is 0 Å². The Morgan fingerprint density at radius 3 is 2.24 bits per heavy atom. The maximum absolute atomic E-state index is 10.1. The summed E-state index contributed by atoms with van der Waals surface area (Å²) < 4.78 is 12.2. The normalized spacial score (nSPS) is 19.2. The van der Waals surface area contributed by atoms with E-state index in [2.05, 4.69) is 77.7 Å². The van der Waals surface area contributed by atoms with Gasteiger partial charge in [0.2, 0.25) is 0 Å². The zero-order valence-corrected chi connectivity index (χ0v) is 21.1. The first-order chi connectivity index (χ1) is 18.2. The van der Waals surface area contributed by atoms with Gasteiger partial charge in [-0.05, 0) is 66.4 Å². The molecule has 0 aromatic heterocycles. The summed E-state index contributed by atoms with van der Waals surface area (Å²) in [4.78, 5) is 2.47. The lowest BCUT2D eigenvalue weighted by Gasteiger charge is -2.34. The number of likely N-dealkylation sites (tertiary alicyclic amines) is 1. The van der Waals surface area contributed by atoms with Gasteiger partial charge < -0.3 is 14.6 Å². The molecular weight excluding hydrogens is 458 g/mol. The van der Waals surface area contributed by atoms with Crippen molar-refractivity contribution < 1.29 is 14.6 Å². The monoisotopic (exact) mass is 491 g/mol. The number of ether oxygens (including phenoxy) is 2. The Bertz CT molecular complexity index is 1310. The molecule has 2 atom stereocenters. The molecular formula is C33H33NO3. The highest BCUT2D eigenvalue weighted by Crippen LogP contribution is 2.47. The summed E-state index contributed by atoms with van der Waals surface area (Å²) in [5.74, 6) is 2.16. The van der Waals surface area contributed by atoms with Crippen molar-refractivity contribution in [3.63, 3.8) is 0 Å². The maximum atomic E-state index is 10.1. The van der Waals surface area contributed by atoms with E-state index in [1.54, 1.807) is 12.1 Å². The van der Waals surface area contributed by atoms with Gasteiger partial charge in [0.1, 0.15) is 23.9 Å². The van der Waals surface area contributed by atoms with E-state index in [0.29, 0.717) is 6.61 Å². The molecule has 0 unspecified atom stereocenters. The SMILES string of the molecule is Oc1ccc2c(c1)OC[C@@H](c1ccc(-c3ccccc3)cc1)[C@H]2c1ccc(OCCN2CCCC2)cc1. The second-order valence-electron chi connectivity index (χ2n) is 10.1. The van der Waals surface area contributed by atoms with Gasteiger partial charge in [0, 0.05) is 30.0 Å². The zero-order chi connectivity index (χ0) is 25.0. The molecule has 0 radical (unpaired) electrons. The predicted molar refractivity (Wildman–Crippen MR) is 148 cm³/mol. The molecule has 0 bridgehead atoms. The third-order valence-electron chi connectivity index (χ3n) is 7.71. The molecule has 4 aromatic carbocycles. The molecule has 2 aliphatic heterocycles. The highest BCUT2D eigenvalue weighted by atomic mass is 16.5. The van der Waals surface area contributed by atoms with Gasteiger partial charge in [0.15, 0.2) is 0 Å². The van der Waals surface area contributed by atoms with Crippen molar-refractivity contribution >= 4 is 0 Å². The standard InChI is InChI=1S/C33H33NO3/c35-28-14-17-30-32(22-28)37-23-31(26-10-8-25(9-11-26)24-6-2-1-3-7-24)33(30)27-12-15-29(16-13-27)36-21-20-34-18-4-5-19-34/h1-3,6-17,22,31,33,35H,4-5,18-21,23H2/t31-,33-/m0/s1. The van der Waals surface area contributed by atoms with Gasteiger partial charge >= 0.3 is 0 Å². The molecule has 0 saturated carbocycles. The Morgan fingerprint density at radius 2 is 1.49 bits per heavy atom. The minimum atomic E-state index is 0.116. The maximum Gasteiger partial charge on any atom is 0.126 e. The third-order valence-corrected chi connectivity index (χ3v) is 7.71. The van der Waals surface area contributed by atoms with Gasteiger partial charge in [0.05, 0.1) is 6.61 Å². The molecule has 1 saturated heterocycles. The molecule has 6 rings (SSSR count). The summed E-state index contributed by atoms with van der Waals surface area (Å²) in [6.07, 6.45) is 2.60. The zero-order valence-electron chi connectivity index (χ0n) is 21.1. The van der Waals surface area contributed by atoms with E-state index >= 15 is 0 Å². The number of fused-ring (bicyclic) bond motifs is 1. The Morgan fingerprint density at radius 1 is 0.784 bits per heavy atom. The first-order valence-corrected chi connectivity index (χ1v) is 13.3. The van der Waals surface area contributed by atoms with E-state index in [9.17, 15) is 5.11 Å². The van der Waals surface area contributed by atoms with Crippen LogP contribution in [0.1, 0.15) is 41.4 Å². The largest absolute Gasteiger partial charge is 0.508 e. The number of rotatable bonds is 7. The van der Waals surface area contributed by atoms with Gasteiger partial charge in [-0.2, -0.15) is 0 Å². The Labute approximate surface area is 219 Å². The third kappa shape index (κ3) is 5.21. The lowest BCUT2D eigenvalue weighted by atomic mass is 9.75. The van der Waals surface area contributed by atoms with Crippen molar-refractivity contribution in [1.82, 2.24) is 4.90 Å². The van der Waals surface area contributed by atoms with Crippen molar-refractivity contribution in [3.8, 4) is 28.4 Å². The van der Waals surface area contributed by atoms with Crippen LogP contribution in [-0.4, -0.2) is 42.9 Å². The number of hydrogen-bond donors (Lipinski definition) is 1. The minimum Gasteiger partial charge on any atom is -0.508 e. The first kappa shape index (κ1) is 23.6. The Kier molecular flexibility index (Phi) is 6.83. The molecule has 37 heavy (non-hydrogen) atoms. The van der Waals surface area contributed by atoms with Crippen LogP contribution in [0.2, 0.25) is 0 Å². The minimum absolute atomic E-state index is 0.116. The van der Waals surface area contributed by atoms with Crippen LogP contribution >= 0.6 is 0 Å². The van der Waals surface area contributed by atoms with Crippen molar-refractivity contribution in [2.24, 2.45) is 0 Å². The lowest BCUT2D eigenvalue weighted by Crippen LogP contribution is -2.25. The van der Waals surface area contributed by atoms with Gasteiger partial charge in [-0.3, -0.25) is 4.90 Å². The van der Waals surface area contributed by atoms with Gasteiger partial charge in [-0.1, -0.05) is 72.8 Å². The average Bonchev–Trinajstić information content (AvgIpc) is 3.47. The molecule has 0 aliphatic carbocycles. The Balaban J connectivity index is 1.26. The highest BCUT2D eigenvalue weighted by molar-refractivity contribution is 5.64. The van der Waals surface area contributed by atoms with Crippen LogP contribution in [-0.2, 0) is 0 Å². The van der Waals surface area contributed by atoms with Crippen LogP contribution in [0.5, 0.6) is 17.2 Å². The second kappa shape index (κ2) is 10.7. The van der Waals surface area contributed by atoms with Crippen LogP contribution in [0.15, 0.2) is 97.1 Å². The van der Waals surface area contributed by atoms with Crippen molar-refractivity contribution in [3.05, 3.63) is 114 Å². The molecule has 2 aliphatic rings. The molecule has 0 spiro atoms. The fourth-order valence-electron chi connectivity index (χ4n) is 5.72. The topological polar surface area (TPSA) is 41.9 Å². The van der Waals surface area contributed by atoms with Crippen LogP contribution in [0, 0.1) is 0 Å². The number of aromatic hydroxyl groups is 1. The van der Waals surface area contributed by atoms with E-state index in [-0.39, 0.29) is 17.6 Å². The van der Waals surface area contributed by atoms with Crippen molar-refractivity contribution in [2.45, 2.75) is 24.7 Å². The lowest BCUT2D eigenvalue weighted by molar-refractivity contribution is 0.237. The molecule has 188 valence electrons. The van der Waals surface area contributed by atoms with E-state index in [0.717, 1.165) is 30.2 Å².